The van der Waals surface area contributed by atoms with E-state index in [1.807, 2.05) is 0 Å². The SMILES string of the molecule is CC(C)C(NC(=O)C(N)CS)C(=O)NC(Cc1ccccc1)C(=O)NC(CC(=O)O)C(=O)O. The maximum Gasteiger partial charge on any atom is 0.326 e. The first-order chi connectivity index (χ1) is 15.5. The van der Waals surface area contributed by atoms with Gasteiger partial charge in [-0.05, 0) is 11.5 Å². The fraction of sp³-hybridized carbons (Fsp3) is 0.476. The van der Waals surface area contributed by atoms with E-state index in [1.54, 1.807) is 44.2 Å². The van der Waals surface area contributed by atoms with Crippen LogP contribution >= 0.6 is 12.6 Å². The van der Waals surface area contributed by atoms with Gasteiger partial charge in [-0.15, -0.1) is 0 Å². The molecule has 4 unspecified atom stereocenters. The van der Waals surface area contributed by atoms with Crippen LogP contribution in [0.15, 0.2) is 30.3 Å². The summed E-state index contributed by atoms with van der Waals surface area (Å²) in [6.07, 6.45) is -0.827. The summed E-state index contributed by atoms with van der Waals surface area (Å²) in [6, 6.07) is 3.78. The monoisotopic (exact) mass is 482 g/mol. The van der Waals surface area contributed by atoms with Gasteiger partial charge in [0.25, 0.3) is 0 Å². The molecule has 1 aromatic carbocycles. The maximum atomic E-state index is 13.0. The summed E-state index contributed by atoms with van der Waals surface area (Å²) in [6.45, 7) is 3.38. The van der Waals surface area contributed by atoms with Crippen LogP contribution in [0.5, 0.6) is 0 Å². The van der Waals surface area contributed by atoms with Crippen LogP contribution in [0.4, 0.5) is 0 Å². The van der Waals surface area contributed by atoms with Gasteiger partial charge in [0.05, 0.1) is 12.5 Å². The van der Waals surface area contributed by atoms with Gasteiger partial charge in [-0.25, -0.2) is 4.79 Å². The normalized spacial score (nSPS) is 14.5. The van der Waals surface area contributed by atoms with Gasteiger partial charge < -0.3 is 31.9 Å². The average molecular weight is 483 g/mol. The molecule has 0 aliphatic rings. The quantitative estimate of drug-likeness (QED) is 0.177. The van der Waals surface area contributed by atoms with E-state index < -0.39 is 60.2 Å². The number of rotatable bonds is 13. The van der Waals surface area contributed by atoms with Crippen LogP contribution in [0.2, 0.25) is 0 Å². The van der Waals surface area contributed by atoms with Crippen LogP contribution in [-0.4, -0.2) is 69.8 Å². The Kier molecular flexibility index (Phi) is 11.4. The van der Waals surface area contributed by atoms with Crippen LogP contribution in [-0.2, 0) is 30.4 Å². The molecule has 0 bridgehead atoms. The minimum atomic E-state index is -1.68. The zero-order chi connectivity index (χ0) is 25.1. The van der Waals surface area contributed by atoms with Crippen LogP contribution < -0.4 is 21.7 Å². The number of carboxylic acid groups (broad SMARTS) is 2. The molecular formula is C21H30N4O7S. The predicted molar refractivity (Wildman–Crippen MR) is 122 cm³/mol. The molecule has 33 heavy (non-hydrogen) atoms. The molecule has 182 valence electrons. The average Bonchev–Trinajstić information content (AvgIpc) is 2.75. The lowest BCUT2D eigenvalue weighted by Crippen LogP contribution is -2.59. The number of benzene rings is 1. The van der Waals surface area contributed by atoms with Crippen LogP contribution in [0, 0.1) is 5.92 Å². The third-order valence-corrected chi connectivity index (χ3v) is 5.08. The van der Waals surface area contributed by atoms with Crippen LogP contribution in [0.25, 0.3) is 0 Å². The summed E-state index contributed by atoms with van der Waals surface area (Å²) >= 11 is 3.96. The number of carboxylic acids is 2. The highest BCUT2D eigenvalue weighted by Gasteiger charge is 2.32. The van der Waals surface area contributed by atoms with Crippen molar-refractivity contribution in [1.29, 1.82) is 0 Å². The number of aliphatic carboxylic acids is 2. The summed E-state index contributed by atoms with van der Waals surface area (Å²) in [4.78, 5) is 60.3. The fourth-order valence-corrected chi connectivity index (χ4v) is 3.01. The maximum absolute atomic E-state index is 13.0. The molecule has 0 heterocycles. The molecule has 11 nitrogen and oxygen atoms in total. The molecule has 0 aromatic heterocycles. The fourth-order valence-electron chi connectivity index (χ4n) is 2.85. The molecule has 12 heteroatoms. The largest absolute Gasteiger partial charge is 0.481 e. The van der Waals surface area contributed by atoms with Gasteiger partial charge >= 0.3 is 11.9 Å². The van der Waals surface area contributed by atoms with E-state index in [0.717, 1.165) is 0 Å². The lowest BCUT2D eigenvalue weighted by Gasteiger charge is -2.26. The van der Waals surface area contributed by atoms with Gasteiger partial charge in [-0.3, -0.25) is 19.2 Å². The summed E-state index contributed by atoms with van der Waals surface area (Å²) in [7, 11) is 0. The molecule has 0 fully saturated rings. The Morgan fingerprint density at radius 1 is 0.909 bits per heavy atom. The van der Waals surface area contributed by atoms with Crippen molar-refractivity contribution in [1.82, 2.24) is 16.0 Å². The Balaban J connectivity index is 3.10. The summed E-state index contributed by atoms with van der Waals surface area (Å²) < 4.78 is 0. The van der Waals surface area contributed by atoms with E-state index in [-0.39, 0.29) is 18.1 Å². The first-order valence-corrected chi connectivity index (χ1v) is 10.9. The van der Waals surface area contributed by atoms with Crippen molar-refractivity contribution < 1.29 is 34.2 Å². The number of carbonyl (C=O) groups excluding carboxylic acids is 3. The minimum absolute atomic E-state index is 0.00669. The van der Waals surface area contributed by atoms with E-state index in [0.29, 0.717) is 5.56 Å². The van der Waals surface area contributed by atoms with Gasteiger partial charge in [0.15, 0.2) is 0 Å². The second kappa shape index (κ2) is 13.4. The van der Waals surface area contributed by atoms with Crippen molar-refractivity contribution in [3.63, 3.8) is 0 Å². The zero-order valence-electron chi connectivity index (χ0n) is 18.4. The van der Waals surface area contributed by atoms with Gasteiger partial charge in [-0.1, -0.05) is 44.2 Å². The first kappa shape index (κ1) is 27.9. The molecule has 7 N–H and O–H groups in total. The number of carbonyl (C=O) groups is 5. The molecular weight excluding hydrogens is 452 g/mol. The summed E-state index contributed by atoms with van der Waals surface area (Å²) in [5.41, 5.74) is 6.32. The molecule has 0 aliphatic carbocycles. The van der Waals surface area contributed by atoms with Crippen molar-refractivity contribution in [2.75, 3.05) is 5.75 Å². The van der Waals surface area contributed by atoms with Gasteiger partial charge in [0, 0.05) is 12.2 Å². The lowest BCUT2D eigenvalue weighted by molar-refractivity contribution is -0.147. The van der Waals surface area contributed by atoms with Crippen LogP contribution in [0.3, 0.4) is 0 Å². The van der Waals surface area contributed by atoms with E-state index in [9.17, 15) is 29.1 Å². The Bertz CT molecular complexity index is 850. The highest BCUT2D eigenvalue weighted by Crippen LogP contribution is 2.08. The van der Waals surface area contributed by atoms with E-state index >= 15 is 0 Å². The Hall–Kier alpha value is -3.12. The molecule has 0 spiro atoms. The van der Waals surface area contributed by atoms with Crippen molar-refractivity contribution >= 4 is 42.3 Å². The van der Waals surface area contributed by atoms with E-state index in [4.69, 9.17) is 10.8 Å². The van der Waals surface area contributed by atoms with Gasteiger partial charge in [-0.2, -0.15) is 12.6 Å². The highest BCUT2D eigenvalue weighted by molar-refractivity contribution is 7.80. The molecule has 0 saturated carbocycles. The standard InChI is InChI=1S/C21H30N4O7S/c1-11(2)17(25-18(28)13(22)10-33)20(30)23-14(8-12-6-4-3-5-7-12)19(29)24-15(21(31)32)9-16(26)27/h3-7,11,13-15,17,33H,8-10,22H2,1-2H3,(H,23,30)(H,24,29)(H,25,28)(H,26,27)(H,31,32). The van der Waals surface area contributed by atoms with Crippen molar-refractivity contribution in [2.45, 2.75) is 50.9 Å². The molecule has 0 radical (unpaired) electrons. The molecule has 1 aromatic rings. The molecule has 0 aliphatic heterocycles. The van der Waals surface area contributed by atoms with Crippen molar-refractivity contribution in [3.8, 4) is 0 Å². The molecule has 1 rings (SSSR count). The van der Waals surface area contributed by atoms with E-state index in [2.05, 4.69) is 28.6 Å². The smallest absolute Gasteiger partial charge is 0.326 e. The second-order valence-electron chi connectivity index (χ2n) is 7.77. The second-order valence-corrected chi connectivity index (χ2v) is 8.13. The van der Waals surface area contributed by atoms with Gasteiger partial charge in [0.2, 0.25) is 17.7 Å². The number of thiol groups is 1. The van der Waals surface area contributed by atoms with Crippen LogP contribution in [0.1, 0.15) is 25.8 Å². The number of amides is 3. The highest BCUT2D eigenvalue weighted by atomic mass is 32.1. The third kappa shape index (κ3) is 9.49. The summed E-state index contributed by atoms with van der Waals surface area (Å²) in [5, 5.41) is 25.4. The summed E-state index contributed by atoms with van der Waals surface area (Å²) in [5.74, 6) is -5.36. The number of nitrogens with one attached hydrogen (secondary N) is 3. The Morgan fingerprint density at radius 3 is 1.97 bits per heavy atom. The van der Waals surface area contributed by atoms with E-state index in [1.165, 1.54) is 0 Å². The third-order valence-electron chi connectivity index (χ3n) is 4.69. The Labute approximate surface area is 196 Å². The first-order valence-electron chi connectivity index (χ1n) is 10.2. The zero-order valence-corrected chi connectivity index (χ0v) is 19.2. The Morgan fingerprint density at radius 2 is 1.48 bits per heavy atom. The number of nitrogens with two attached hydrogens (primary N) is 1. The number of hydrogen-bond donors (Lipinski definition) is 7. The van der Waals surface area contributed by atoms with Gasteiger partial charge in [0.1, 0.15) is 18.1 Å². The number of hydrogen-bond acceptors (Lipinski definition) is 7. The van der Waals surface area contributed by atoms with Crippen molar-refractivity contribution in [2.24, 2.45) is 11.7 Å². The van der Waals surface area contributed by atoms with Crippen molar-refractivity contribution in [3.05, 3.63) is 35.9 Å². The minimum Gasteiger partial charge on any atom is -0.481 e. The molecule has 3 amide bonds. The molecule has 0 saturated heterocycles. The predicted octanol–water partition coefficient (Wildman–Crippen LogP) is -0.844. The topological polar surface area (TPSA) is 188 Å². The lowest BCUT2D eigenvalue weighted by atomic mass is 10.0. The molecule has 4 atom stereocenters.